The van der Waals surface area contributed by atoms with Crippen molar-refractivity contribution in [3.63, 3.8) is 0 Å². The molecule has 0 saturated carbocycles. The second-order valence-electron chi connectivity index (χ2n) is 7.25. The summed E-state index contributed by atoms with van der Waals surface area (Å²) in [5, 5.41) is 5.90. The van der Waals surface area contributed by atoms with Crippen LogP contribution in [0.15, 0.2) is 48.5 Å². The molecule has 29 heavy (non-hydrogen) atoms. The van der Waals surface area contributed by atoms with Gasteiger partial charge < -0.3 is 25.0 Å². The highest BCUT2D eigenvalue weighted by molar-refractivity contribution is 5.93. The van der Waals surface area contributed by atoms with Gasteiger partial charge in [0.15, 0.2) is 11.5 Å². The lowest BCUT2D eigenvalue weighted by atomic mass is 9.96. The molecule has 0 spiro atoms. The lowest BCUT2D eigenvalue weighted by molar-refractivity contribution is -0.121. The van der Waals surface area contributed by atoms with E-state index in [0.717, 1.165) is 5.56 Å². The van der Waals surface area contributed by atoms with Gasteiger partial charge in [0.05, 0.1) is 0 Å². The van der Waals surface area contributed by atoms with Crippen LogP contribution in [0.1, 0.15) is 18.4 Å². The molecule has 7 nitrogen and oxygen atoms in total. The minimum absolute atomic E-state index is 0.0222. The topological polar surface area (TPSA) is 79.9 Å². The number of benzene rings is 2. The van der Waals surface area contributed by atoms with E-state index in [4.69, 9.17) is 9.47 Å². The lowest BCUT2D eigenvalue weighted by Crippen LogP contribution is -2.45. The van der Waals surface area contributed by atoms with E-state index in [1.54, 1.807) is 11.0 Å². The van der Waals surface area contributed by atoms with Crippen molar-refractivity contribution >= 4 is 17.6 Å². The van der Waals surface area contributed by atoms with Gasteiger partial charge in [-0.2, -0.15) is 0 Å². The number of nitrogens with zero attached hydrogens (tertiary/aromatic N) is 1. The van der Waals surface area contributed by atoms with Crippen molar-refractivity contribution in [1.29, 1.82) is 0 Å². The number of piperidine rings is 1. The Kier molecular flexibility index (Phi) is 5.84. The van der Waals surface area contributed by atoms with Gasteiger partial charge in [-0.1, -0.05) is 30.3 Å². The molecule has 0 bridgehead atoms. The number of amides is 3. The van der Waals surface area contributed by atoms with E-state index in [1.165, 1.54) is 0 Å². The van der Waals surface area contributed by atoms with Crippen molar-refractivity contribution in [3.8, 4) is 11.5 Å². The number of ether oxygens (including phenoxy) is 2. The van der Waals surface area contributed by atoms with Gasteiger partial charge in [0, 0.05) is 37.3 Å². The molecule has 0 radical (unpaired) electrons. The number of urea groups is 1. The van der Waals surface area contributed by atoms with Gasteiger partial charge in [-0.15, -0.1) is 0 Å². The Hall–Kier alpha value is -3.22. The quantitative estimate of drug-likeness (QED) is 0.834. The van der Waals surface area contributed by atoms with Crippen LogP contribution in [0, 0.1) is 5.92 Å². The van der Waals surface area contributed by atoms with Crippen molar-refractivity contribution in [2.24, 2.45) is 5.92 Å². The maximum atomic E-state index is 12.6. The highest BCUT2D eigenvalue weighted by Crippen LogP contribution is 2.33. The zero-order valence-corrected chi connectivity index (χ0v) is 16.2. The van der Waals surface area contributed by atoms with Crippen molar-refractivity contribution < 1.29 is 19.1 Å². The molecule has 1 fully saturated rings. The summed E-state index contributed by atoms with van der Waals surface area (Å²) in [6.45, 7) is 2.69. The summed E-state index contributed by atoms with van der Waals surface area (Å²) in [7, 11) is 0. The first-order chi connectivity index (χ1) is 14.2. The van der Waals surface area contributed by atoms with Crippen LogP contribution in [-0.2, 0) is 11.3 Å². The van der Waals surface area contributed by atoms with Gasteiger partial charge in [-0.05, 0) is 30.5 Å². The molecular formula is C22H25N3O4. The van der Waals surface area contributed by atoms with Crippen molar-refractivity contribution in [3.05, 3.63) is 54.1 Å². The maximum absolute atomic E-state index is 12.6. The number of carbonyl (C=O) groups excluding carboxylic acids is 2. The smallest absolute Gasteiger partial charge is 0.317 e. The largest absolute Gasteiger partial charge is 0.486 e. The fraction of sp³-hybridized carbons (Fsp3) is 0.364. The van der Waals surface area contributed by atoms with Gasteiger partial charge in [-0.3, -0.25) is 4.79 Å². The van der Waals surface area contributed by atoms with Crippen LogP contribution in [0.25, 0.3) is 0 Å². The summed E-state index contributed by atoms with van der Waals surface area (Å²) < 4.78 is 11.1. The van der Waals surface area contributed by atoms with E-state index >= 15 is 0 Å². The molecule has 7 heteroatoms. The summed E-state index contributed by atoms with van der Waals surface area (Å²) in [5.41, 5.74) is 1.76. The Labute approximate surface area is 170 Å². The minimum atomic E-state index is -0.110. The predicted octanol–water partition coefficient (Wildman–Crippen LogP) is 3.02. The van der Waals surface area contributed by atoms with Crippen LogP contribution in [0.4, 0.5) is 10.5 Å². The van der Waals surface area contributed by atoms with Gasteiger partial charge in [0.2, 0.25) is 5.91 Å². The van der Waals surface area contributed by atoms with Crippen LogP contribution in [0.3, 0.4) is 0 Å². The van der Waals surface area contributed by atoms with E-state index in [-0.39, 0.29) is 17.9 Å². The highest BCUT2D eigenvalue weighted by Gasteiger charge is 2.27. The molecule has 0 unspecified atom stereocenters. The van der Waals surface area contributed by atoms with E-state index in [9.17, 15) is 9.59 Å². The zero-order chi connectivity index (χ0) is 20.1. The predicted molar refractivity (Wildman–Crippen MR) is 109 cm³/mol. The monoisotopic (exact) mass is 395 g/mol. The highest BCUT2D eigenvalue weighted by atomic mass is 16.6. The zero-order valence-electron chi connectivity index (χ0n) is 16.2. The van der Waals surface area contributed by atoms with Gasteiger partial charge in [0.25, 0.3) is 0 Å². The molecule has 2 aliphatic heterocycles. The van der Waals surface area contributed by atoms with E-state index in [0.29, 0.717) is 62.9 Å². The summed E-state index contributed by atoms with van der Waals surface area (Å²) >= 11 is 0. The van der Waals surface area contributed by atoms with Gasteiger partial charge in [-0.25, -0.2) is 4.79 Å². The molecular weight excluding hydrogens is 370 g/mol. The summed E-state index contributed by atoms with van der Waals surface area (Å²) in [4.78, 5) is 26.8. The Bertz CT molecular complexity index is 864. The number of hydrogen-bond acceptors (Lipinski definition) is 4. The van der Waals surface area contributed by atoms with Crippen molar-refractivity contribution in [2.75, 3.05) is 31.6 Å². The van der Waals surface area contributed by atoms with Crippen molar-refractivity contribution in [2.45, 2.75) is 19.4 Å². The molecule has 2 aliphatic rings. The fourth-order valence-electron chi connectivity index (χ4n) is 3.60. The summed E-state index contributed by atoms with van der Waals surface area (Å²) in [5.74, 6) is 1.22. The first kappa shape index (κ1) is 19.1. The number of rotatable bonds is 4. The van der Waals surface area contributed by atoms with Gasteiger partial charge in [0.1, 0.15) is 13.2 Å². The molecule has 152 valence electrons. The second-order valence-corrected chi connectivity index (χ2v) is 7.25. The summed E-state index contributed by atoms with van der Waals surface area (Å²) in [6, 6.07) is 15.1. The third-order valence-corrected chi connectivity index (χ3v) is 5.25. The van der Waals surface area contributed by atoms with Gasteiger partial charge >= 0.3 is 6.03 Å². The maximum Gasteiger partial charge on any atom is 0.317 e. The van der Waals surface area contributed by atoms with E-state index in [2.05, 4.69) is 10.6 Å². The molecule has 4 rings (SSSR count). The van der Waals surface area contributed by atoms with Crippen LogP contribution >= 0.6 is 0 Å². The molecule has 0 aromatic heterocycles. The standard InChI is InChI=1S/C22H25N3O4/c26-21(24-18-6-7-19-20(14-18)29-13-12-28-19)17-8-10-25(11-9-17)22(27)23-15-16-4-2-1-3-5-16/h1-7,14,17H,8-13,15H2,(H,23,27)(H,24,26). The first-order valence-corrected chi connectivity index (χ1v) is 9.96. The third kappa shape index (κ3) is 4.80. The number of carbonyl (C=O) groups is 2. The lowest BCUT2D eigenvalue weighted by Gasteiger charge is -2.31. The third-order valence-electron chi connectivity index (χ3n) is 5.25. The molecule has 3 amide bonds. The Morgan fingerprint density at radius 3 is 2.45 bits per heavy atom. The average Bonchev–Trinajstić information content (AvgIpc) is 2.78. The van der Waals surface area contributed by atoms with Crippen LogP contribution in [0.5, 0.6) is 11.5 Å². The normalized spacial score (nSPS) is 16.2. The molecule has 1 saturated heterocycles. The Balaban J connectivity index is 1.24. The molecule has 2 N–H and O–H groups in total. The van der Waals surface area contributed by atoms with Crippen molar-refractivity contribution in [1.82, 2.24) is 10.2 Å². The average molecular weight is 395 g/mol. The van der Waals surface area contributed by atoms with Crippen LogP contribution < -0.4 is 20.1 Å². The molecule has 2 heterocycles. The Morgan fingerprint density at radius 1 is 0.966 bits per heavy atom. The number of likely N-dealkylation sites (tertiary alicyclic amines) is 1. The van der Waals surface area contributed by atoms with E-state index in [1.807, 2.05) is 42.5 Å². The molecule has 0 aliphatic carbocycles. The molecule has 2 aromatic rings. The fourth-order valence-corrected chi connectivity index (χ4v) is 3.60. The number of anilines is 1. The summed E-state index contributed by atoms with van der Waals surface area (Å²) in [6.07, 6.45) is 1.30. The van der Waals surface area contributed by atoms with E-state index < -0.39 is 0 Å². The second kappa shape index (κ2) is 8.86. The number of nitrogens with one attached hydrogen (secondary N) is 2. The molecule has 2 aromatic carbocycles. The minimum Gasteiger partial charge on any atom is -0.486 e. The Morgan fingerprint density at radius 2 is 1.69 bits per heavy atom. The molecule has 0 atom stereocenters. The number of fused-ring (bicyclic) bond motifs is 1. The van der Waals surface area contributed by atoms with Crippen LogP contribution in [-0.4, -0.2) is 43.1 Å². The van der Waals surface area contributed by atoms with Crippen LogP contribution in [0.2, 0.25) is 0 Å². The number of hydrogen-bond donors (Lipinski definition) is 2. The SMILES string of the molecule is O=C(Nc1ccc2c(c1)OCCO2)C1CCN(C(=O)NCc2ccccc2)CC1. The first-order valence-electron chi connectivity index (χ1n) is 9.96.